The molecule has 0 saturated carbocycles. The van der Waals surface area contributed by atoms with E-state index < -0.39 is 0 Å². The summed E-state index contributed by atoms with van der Waals surface area (Å²) in [7, 11) is 0. The van der Waals surface area contributed by atoms with Crippen LogP contribution < -0.4 is 0 Å². The van der Waals surface area contributed by atoms with Crippen molar-refractivity contribution in [2.75, 3.05) is 0 Å². The van der Waals surface area contributed by atoms with E-state index in [0.717, 1.165) is 5.56 Å². The summed E-state index contributed by atoms with van der Waals surface area (Å²) in [6.45, 7) is 1.78. The Morgan fingerprint density at radius 2 is 1.47 bits per heavy atom. The number of phenols is 2. The van der Waals surface area contributed by atoms with Crippen LogP contribution in [0.2, 0.25) is 10.0 Å². The summed E-state index contributed by atoms with van der Waals surface area (Å²) in [6.07, 6.45) is 0. The summed E-state index contributed by atoms with van der Waals surface area (Å²) in [5, 5.41) is 19.0. The predicted octanol–water partition coefficient (Wildman–Crippen LogP) is 4.40. The SMILES string of the molecule is Cc1c(O)cccc1Cl.Oc1ccc(Cl)cc1. The van der Waals surface area contributed by atoms with Crippen LogP contribution in [0.3, 0.4) is 0 Å². The second-order valence-corrected chi connectivity index (χ2v) is 4.20. The molecule has 2 aromatic rings. The van der Waals surface area contributed by atoms with Gasteiger partial charge in [0.15, 0.2) is 0 Å². The Morgan fingerprint density at radius 3 is 1.88 bits per heavy atom. The number of aromatic hydroxyl groups is 2. The molecule has 2 nitrogen and oxygen atoms in total. The first kappa shape index (κ1) is 13.7. The number of hydrogen-bond donors (Lipinski definition) is 2. The summed E-state index contributed by atoms with van der Waals surface area (Å²) < 4.78 is 0. The Kier molecular flexibility index (Phi) is 5.13. The maximum atomic E-state index is 9.02. The molecule has 0 unspecified atom stereocenters. The lowest BCUT2D eigenvalue weighted by atomic mass is 10.2. The van der Waals surface area contributed by atoms with Crippen molar-refractivity contribution in [1.82, 2.24) is 0 Å². The summed E-state index contributed by atoms with van der Waals surface area (Å²) in [6, 6.07) is 11.4. The molecule has 90 valence electrons. The topological polar surface area (TPSA) is 40.5 Å². The third kappa shape index (κ3) is 4.55. The quantitative estimate of drug-likeness (QED) is 0.745. The van der Waals surface area contributed by atoms with Gasteiger partial charge in [-0.25, -0.2) is 0 Å². The molecule has 2 rings (SSSR count). The normalized spacial score (nSPS) is 9.35. The Bertz CT molecular complexity index is 440. The highest BCUT2D eigenvalue weighted by molar-refractivity contribution is 6.31. The second-order valence-electron chi connectivity index (χ2n) is 3.36. The van der Waals surface area contributed by atoms with Crippen LogP contribution in [0.1, 0.15) is 5.56 Å². The van der Waals surface area contributed by atoms with Gasteiger partial charge in [0.25, 0.3) is 0 Å². The molecule has 0 amide bonds. The lowest BCUT2D eigenvalue weighted by Gasteiger charge is -1.97. The standard InChI is InChI=1S/C7H7ClO.C6H5ClO/c1-5-6(8)3-2-4-7(5)9;7-5-1-3-6(8)4-2-5/h2-4,9H,1H3;1-4,8H. The van der Waals surface area contributed by atoms with Gasteiger partial charge in [0.2, 0.25) is 0 Å². The van der Waals surface area contributed by atoms with Gasteiger partial charge in [-0.2, -0.15) is 0 Å². The fraction of sp³-hybridized carbons (Fsp3) is 0.0769. The molecule has 0 aliphatic rings. The van der Waals surface area contributed by atoms with Gasteiger partial charge < -0.3 is 10.2 Å². The summed E-state index contributed by atoms with van der Waals surface area (Å²) in [5.74, 6) is 0.497. The van der Waals surface area contributed by atoms with Crippen LogP contribution >= 0.6 is 23.2 Å². The molecular formula is C13H12Cl2O2. The van der Waals surface area contributed by atoms with Gasteiger partial charge >= 0.3 is 0 Å². The van der Waals surface area contributed by atoms with Crippen LogP contribution in [0.15, 0.2) is 42.5 Å². The molecule has 2 N–H and O–H groups in total. The molecule has 0 atom stereocenters. The van der Waals surface area contributed by atoms with Crippen LogP contribution in [0.5, 0.6) is 11.5 Å². The number of phenolic OH excluding ortho intramolecular Hbond substituents is 2. The van der Waals surface area contributed by atoms with Crippen LogP contribution in [0, 0.1) is 6.92 Å². The monoisotopic (exact) mass is 270 g/mol. The zero-order chi connectivity index (χ0) is 12.8. The first-order chi connectivity index (χ1) is 8.00. The third-order valence-corrected chi connectivity index (χ3v) is 2.73. The van der Waals surface area contributed by atoms with Gasteiger partial charge in [0.1, 0.15) is 11.5 Å². The first-order valence-corrected chi connectivity index (χ1v) is 5.65. The molecular weight excluding hydrogens is 259 g/mol. The van der Waals surface area contributed by atoms with E-state index in [2.05, 4.69) is 0 Å². The van der Waals surface area contributed by atoms with Gasteiger partial charge in [0.05, 0.1) is 0 Å². The molecule has 0 radical (unpaired) electrons. The summed E-state index contributed by atoms with van der Waals surface area (Å²) in [5.41, 5.74) is 0.735. The van der Waals surface area contributed by atoms with Crippen LogP contribution in [0.25, 0.3) is 0 Å². The second kappa shape index (κ2) is 6.38. The van der Waals surface area contributed by atoms with Crippen molar-refractivity contribution in [3.05, 3.63) is 58.1 Å². The van der Waals surface area contributed by atoms with Crippen molar-refractivity contribution in [1.29, 1.82) is 0 Å². The molecule has 0 spiro atoms. The Labute approximate surface area is 110 Å². The zero-order valence-corrected chi connectivity index (χ0v) is 10.7. The molecule has 17 heavy (non-hydrogen) atoms. The van der Waals surface area contributed by atoms with Crippen LogP contribution in [-0.2, 0) is 0 Å². The highest BCUT2D eigenvalue weighted by Crippen LogP contribution is 2.22. The van der Waals surface area contributed by atoms with Gasteiger partial charge in [-0.15, -0.1) is 0 Å². The minimum Gasteiger partial charge on any atom is -0.508 e. The predicted molar refractivity (Wildman–Crippen MR) is 71.0 cm³/mol. The van der Waals surface area contributed by atoms with E-state index in [-0.39, 0.29) is 11.5 Å². The lowest BCUT2D eigenvalue weighted by Crippen LogP contribution is -1.73. The van der Waals surface area contributed by atoms with Crippen molar-refractivity contribution >= 4 is 23.2 Å². The molecule has 2 aromatic carbocycles. The molecule has 4 heteroatoms. The summed E-state index contributed by atoms with van der Waals surface area (Å²) in [4.78, 5) is 0. The molecule has 0 aromatic heterocycles. The van der Waals surface area contributed by atoms with E-state index in [4.69, 9.17) is 33.4 Å². The molecule has 0 saturated heterocycles. The Balaban J connectivity index is 0.000000171. The fourth-order valence-corrected chi connectivity index (χ4v) is 1.33. The highest BCUT2D eigenvalue weighted by atomic mass is 35.5. The molecule has 0 bridgehead atoms. The number of rotatable bonds is 0. The maximum Gasteiger partial charge on any atom is 0.119 e. The first-order valence-electron chi connectivity index (χ1n) is 4.89. The van der Waals surface area contributed by atoms with Crippen molar-refractivity contribution in [2.45, 2.75) is 6.92 Å². The van der Waals surface area contributed by atoms with Gasteiger partial charge in [-0.05, 0) is 43.3 Å². The average molecular weight is 271 g/mol. The Morgan fingerprint density at radius 1 is 0.882 bits per heavy atom. The van der Waals surface area contributed by atoms with E-state index in [1.165, 1.54) is 0 Å². The lowest BCUT2D eigenvalue weighted by molar-refractivity contribution is 0.471. The molecule has 0 aliphatic heterocycles. The van der Waals surface area contributed by atoms with Crippen LogP contribution in [0.4, 0.5) is 0 Å². The number of hydrogen-bond acceptors (Lipinski definition) is 2. The van der Waals surface area contributed by atoms with E-state index in [1.54, 1.807) is 49.4 Å². The number of benzene rings is 2. The minimum atomic E-state index is 0.245. The molecule has 0 aliphatic carbocycles. The van der Waals surface area contributed by atoms with Gasteiger partial charge in [-0.1, -0.05) is 29.3 Å². The van der Waals surface area contributed by atoms with Crippen molar-refractivity contribution in [2.24, 2.45) is 0 Å². The molecule has 0 heterocycles. The van der Waals surface area contributed by atoms with Crippen LogP contribution in [-0.4, -0.2) is 10.2 Å². The Hall–Kier alpha value is -1.38. The smallest absolute Gasteiger partial charge is 0.119 e. The van der Waals surface area contributed by atoms with Crippen molar-refractivity contribution in [3.63, 3.8) is 0 Å². The average Bonchev–Trinajstić information content (AvgIpc) is 2.31. The van der Waals surface area contributed by atoms with E-state index >= 15 is 0 Å². The van der Waals surface area contributed by atoms with Gasteiger partial charge in [-0.3, -0.25) is 0 Å². The zero-order valence-electron chi connectivity index (χ0n) is 9.19. The van der Waals surface area contributed by atoms with Gasteiger partial charge in [0, 0.05) is 15.6 Å². The fourth-order valence-electron chi connectivity index (χ4n) is 1.04. The minimum absolute atomic E-state index is 0.245. The largest absolute Gasteiger partial charge is 0.508 e. The highest BCUT2D eigenvalue weighted by Gasteiger charge is 1.96. The van der Waals surface area contributed by atoms with Crippen molar-refractivity contribution in [3.8, 4) is 11.5 Å². The third-order valence-electron chi connectivity index (χ3n) is 2.07. The molecule has 0 fully saturated rings. The van der Waals surface area contributed by atoms with E-state index in [1.807, 2.05) is 0 Å². The van der Waals surface area contributed by atoms with E-state index in [9.17, 15) is 0 Å². The van der Waals surface area contributed by atoms with Crippen molar-refractivity contribution < 1.29 is 10.2 Å². The maximum absolute atomic E-state index is 9.02. The van der Waals surface area contributed by atoms with E-state index in [0.29, 0.717) is 10.0 Å². The summed E-state index contributed by atoms with van der Waals surface area (Å²) >= 11 is 11.2. The number of halogens is 2.